The molecule has 32 heavy (non-hydrogen) atoms. The van der Waals surface area contributed by atoms with Gasteiger partial charge in [-0.25, -0.2) is 0 Å². The van der Waals surface area contributed by atoms with Crippen molar-refractivity contribution < 1.29 is 9.47 Å². The molecule has 0 bridgehead atoms. The van der Waals surface area contributed by atoms with Crippen LogP contribution in [0.2, 0.25) is 0 Å². The summed E-state index contributed by atoms with van der Waals surface area (Å²) < 4.78 is 11.4. The summed E-state index contributed by atoms with van der Waals surface area (Å²) in [6, 6.07) is 18.7. The lowest BCUT2D eigenvalue weighted by Gasteiger charge is -2.16. The summed E-state index contributed by atoms with van der Waals surface area (Å²) in [6.07, 6.45) is 2.08. The van der Waals surface area contributed by atoms with Crippen molar-refractivity contribution in [3.63, 3.8) is 0 Å². The van der Waals surface area contributed by atoms with E-state index in [1.54, 1.807) is 14.2 Å². The van der Waals surface area contributed by atoms with E-state index >= 15 is 0 Å². The highest BCUT2D eigenvalue weighted by Crippen LogP contribution is 2.59. The summed E-state index contributed by atoms with van der Waals surface area (Å²) in [7, 11) is 3.44. The molecule has 0 amide bonds. The third kappa shape index (κ3) is 1.48. The standard InChI is InChI=1S/C30H18O2/c1-31-22-11-18-19(12-23(22)32-2)21-10-17-8-15-4-3-13-7-14-5-6-16-9-20(18)29(21)30-27(16)25(14)24(13)26(15)28(17)30/h3-6,9-12H,7-8H2,1-2H3. The van der Waals surface area contributed by atoms with Crippen molar-refractivity contribution >= 4 is 43.1 Å². The van der Waals surface area contributed by atoms with Crippen molar-refractivity contribution in [1.82, 2.24) is 0 Å². The zero-order chi connectivity index (χ0) is 20.9. The van der Waals surface area contributed by atoms with Gasteiger partial charge in [0, 0.05) is 0 Å². The van der Waals surface area contributed by atoms with Gasteiger partial charge in [-0.05, 0) is 125 Å². The lowest BCUT2D eigenvalue weighted by atomic mass is 9.87. The fourth-order valence-electron chi connectivity index (χ4n) is 7.12. The fourth-order valence-corrected chi connectivity index (χ4v) is 7.12. The van der Waals surface area contributed by atoms with Crippen LogP contribution in [0.1, 0.15) is 22.3 Å². The molecule has 0 spiro atoms. The van der Waals surface area contributed by atoms with Gasteiger partial charge in [0.1, 0.15) is 0 Å². The van der Waals surface area contributed by atoms with Crippen molar-refractivity contribution in [2.24, 2.45) is 0 Å². The van der Waals surface area contributed by atoms with Crippen LogP contribution in [-0.4, -0.2) is 14.2 Å². The highest BCUT2D eigenvalue weighted by molar-refractivity contribution is 6.41. The number of rotatable bonds is 2. The van der Waals surface area contributed by atoms with Crippen molar-refractivity contribution in [2.45, 2.75) is 12.8 Å². The predicted octanol–water partition coefficient (Wildman–Crippen LogP) is 7.21. The minimum Gasteiger partial charge on any atom is -0.493 e. The minimum atomic E-state index is 0.790. The molecule has 0 atom stereocenters. The van der Waals surface area contributed by atoms with E-state index in [0.717, 1.165) is 24.3 Å². The first kappa shape index (κ1) is 15.9. The first-order chi connectivity index (χ1) is 15.8. The van der Waals surface area contributed by atoms with E-state index in [2.05, 4.69) is 48.5 Å². The molecule has 0 heterocycles. The first-order valence-electron chi connectivity index (χ1n) is 11.3. The lowest BCUT2D eigenvalue weighted by Crippen LogP contribution is -1.91. The first-order valence-corrected chi connectivity index (χ1v) is 11.3. The largest absolute Gasteiger partial charge is 0.493 e. The molecule has 2 heteroatoms. The second-order valence-electron chi connectivity index (χ2n) is 9.57. The van der Waals surface area contributed by atoms with Crippen LogP contribution in [0.15, 0.2) is 48.5 Å². The molecule has 0 saturated heterocycles. The highest BCUT2D eigenvalue weighted by Gasteiger charge is 2.33. The molecular formula is C30H18O2. The van der Waals surface area contributed by atoms with E-state index in [-0.39, 0.29) is 0 Å². The van der Waals surface area contributed by atoms with E-state index < -0.39 is 0 Å². The van der Waals surface area contributed by atoms with Crippen molar-refractivity contribution in [2.75, 3.05) is 14.2 Å². The van der Waals surface area contributed by atoms with E-state index in [1.807, 2.05) is 0 Å². The van der Waals surface area contributed by atoms with Crippen molar-refractivity contribution in [1.29, 1.82) is 0 Å². The normalized spacial score (nSPS) is 14.3. The summed E-state index contributed by atoms with van der Waals surface area (Å²) >= 11 is 0. The summed E-state index contributed by atoms with van der Waals surface area (Å²) in [6.45, 7) is 0. The SMILES string of the molecule is COc1cc2c(cc1OC)-c1cc3ccc4c5c6c(ccc7c6c6c(cc-2c1c6c35)C7)C4. The third-order valence-corrected chi connectivity index (χ3v) is 8.30. The van der Waals surface area contributed by atoms with Gasteiger partial charge >= 0.3 is 0 Å². The maximum absolute atomic E-state index is 5.68. The van der Waals surface area contributed by atoms with Gasteiger partial charge in [-0.15, -0.1) is 0 Å². The molecule has 0 radical (unpaired) electrons. The number of hydrogen-bond donors (Lipinski definition) is 0. The van der Waals surface area contributed by atoms with Crippen LogP contribution in [0, 0.1) is 0 Å². The molecule has 9 rings (SSSR count). The average Bonchev–Trinajstić information content (AvgIpc) is 3.48. The Morgan fingerprint density at radius 3 is 1.66 bits per heavy atom. The number of methoxy groups -OCH3 is 2. The van der Waals surface area contributed by atoms with E-state index in [1.165, 1.54) is 87.6 Å². The Bertz CT molecular complexity index is 1890. The summed E-state index contributed by atoms with van der Waals surface area (Å²) in [5, 5.41) is 11.8. The van der Waals surface area contributed by atoms with Crippen LogP contribution in [0.3, 0.4) is 0 Å². The Morgan fingerprint density at radius 1 is 0.469 bits per heavy atom. The Balaban J connectivity index is 1.60. The number of fused-ring (bicyclic) bond motifs is 3. The van der Waals surface area contributed by atoms with Gasteiger partial charge < -0.3 is 9.47 Å². The monoisotopic (exact) mass is 410 g/mol. The van der Waals surface area contributed by atoms with E-state index in [4.69, 9.17) is 9.47 Å². The van der Waals surface area contributed by atoms with Crippen molar-refractivity contribution in [3.8, 4) is 33.8 Å². The van der Waals surface area contributed by atoms with Crippen LogP contribution in [0.4, 0.5) is 0 Å². The summed E-state index contributed by atoms with van der Waals surface area (Å²) in [4.78, 5) is 0. The van der Waals surface area contributed by atoms with Gasteiger partial charge in [-0.2, -0.15) is 0 Å². The van der Waals surface area contributed by atoms with E-state index in [9.17, 15) is 0 Å². The number of benzene rings is 6. The highest BCUT2D eigenvalue weighted by atomic mass is 16.5. The van der Waals surface area contributed by atoms with Crippen molar-refractivity contribution in [3.05, 3.63) is 70.8 Å². The second kappa shape index (κ2) is 4.83. The van der Waals surface area contributed by atoms with Crippen LogP contribution < -0.4 is 9.47 Å². The third-order valence-electron chi connectivity index (χ3n) is 8.30. The lowest BCUT2D eigenvalue weighted by molar-refractivity contribution is 0.355. The molecule has 3 aliphatic rings. The Morgan fingerprint density at radius 2 is 1.00 bits per heavy atom. The minimum absolute atomic E-state index is 0.790. The van der Waals surface area contributed by atoms with E-state index in [0.29, 0.717) is 0 Å². The van der Waals surface area contributed by atoms with Gasteiger partial charge in [0.2, 0.25) is 0 Å². The van der Waals surface area contributed by atoms with Gasteiger partial charge in [-0.1, -0.05) is 24.3 Å². The molecule has 0 saturated carbocycles. The molecule has 3 aliphatic carbocycles. The fraction of sp³-hybridized carbons (Fsp3) is 0.133. The molecule has 0 fully saturated rings. The zero-order valence-corrected chi connectivity index (χ0v) is 17.8. The maximum Gasteiger partial charge on any atom is 0.161 e. The smallest absolute Gasteiger partial charge is 0.161 e. The van der Waals surface area contributed by atoms with Crippen LogP contribution in [0.25, 0.3) is 65.3 Å². The average molecular weight is 410 g/mol. The molecular weight excluding hydrogens is 392 g/mol. The van der Waals surface area contributed by atoms with Gasteiger partial charge in [0.25, 0.3) is 0 Å². The Hall–Kier alpha value is -3.78. The number of hydrogen-bond acceptors (Lipinski definition) is 2. The molecule has 0 aliphatic heterocycles. The summed E-state index contributed by atoms with van der Waals surface area (Å²) in [5.74, 6) is 1.58. The zero-order valence-electron chi connectivity index (χ0n) is 17.8. The predicted molar refractivity (Wildman–Crippen MR) is 131 cm³/mol. The quantitative estimate of drug-likeness (QED) is 0.221. The maximum atomic E-state index is 5.68. The second-order valence-corrected chi connectivity index (χ2v) is 9.57. The molecule has 6 aromatic carbocycles. The Labute approximate surface area is 184 Å². The number of ether oxygens (including phenoxy) is 2. The van der Waals surface area contributed by atoms with Gasteiger partial charge in [-0.3, -0.25) is 0 Å². The van der Waals surface area contributed by atoms with Crippen LogP contribution in [-0.2, 0) is 12.8 Å². The molecule has 0 N–H and O–H groups in total. The van der Waals surface area contributed by atoms with Gasteiger partial charge in [0.05, 0.1) is 14.2 Å². The molecule has 6 aromatic rings. The van der Waals surface area contributed by atoms with Gasteiger partial charge in [0.15, 0.2) is 11.5 Å². The molecule has 2 nitrogen and oxygen atoms in total. The Kier molecular flexibility index (Phi) is 2.41. The van der Waals surface area contributed by atoms with Crippen LogP contribution in [0.5, 0.6) is 11.5 Å². The van der Waals surface area contributed by atoms with Crippen LogP contribution >= 0.6 is 0 Å². The summed E-state index contributed by atoms with van der Waals surface area (Å²) in [5.41, 5.74) is 11.1. The molecule has 0 aromatic heterocycles. The topological polar surface area (TPSA) is 18.5 Å². The molecule has 150 valence electrons. The molecule has 0 unspecified atom stereocenters.